The van der Waals surface area contributed by atoms with E-state index in [9.17, 15) is 9.59 Å². The summed E-state index contributed by atoms with van der Waals surface area (Å²) in [7, 11) is 1.78. The van der Waals surface area contributed by atoms with Gasteiger partial charge in [0.1, 0.15) is 0 Å². The number of fused-ring (bicyclic) bond motifs is 1. The van der Waals surface area contributed by atoms with Crippen molar-refractivity contribution in [3.05, 3.63) is 33.2 Å². The number of nitrogens with zero attached hydrogens (tertiary/aromatic N) is 3. The molecular weight excluding hydrogens is 262 g/mol. The van der Waals surface area contributed by atoms with Crippen LogP contribution < -0.4 is 5.56 Å². The Morgan fingerprint density at radius 1 is 1.53 bits per heavy atom. The molecular formula is C13H17N3O2S. The minimum atomic E-state index is -0.121. The van der Waals surface area contributed by atoms with Crippen LogP contribution in [0.4, 0.5) is 0 Å². The minimum Gasteiger partial charge on any atom is -0.345 e. The van der Waals surface area contributed by atoms with Crippen LogP contribution in [0, 0.1) is 6.92 Å². The van der Waals surface area contributed by atoms with Gasteiger partial charge in [-0.3, -0.25) is 14.0 Å². The fourth-order valence-corrected chi connectivity index (χ4v) is 2.90. The van der Waals surface area contributed by atoms with Crippen molar-refractivity contribution >= 4 is 22.2 Å². The zero-order chi connectivity index (χ0) is 14.0. The summed E-state index contributed by atoms with van der Waals surface area (Å²) < 4.78 is 1.52. The fourth-order valence-electron chi connectivity index (χ4n) is 1.96. The molecule has 0 saturated heterocycles. The maximum absolute atomic E-state index is 12.0. The standard InChI is InChI=1S/C13H17N3O2S/c1-4-5-15(3)11(17)7-10-8-19-13-14-9(2)6-12(18)16(10)13/h6,8H,4-5,7H2,1-3H3. The molecule has 0 saturated carbocycles. The topological polar surface area (TPSA) is 54.7 Å². The number of likely N-dealkylation sites (N-methyl/N-ethyl adjacent to an activating group) is 1. The molecule has 0 bridgehead atoms. The number of rotatable bonds is 4. The van der Waals surface area contributed by atoms with Crippen molar-refractivity contribution in [3.63, 3.8) is 0 Å². The predicted molar refractivity (Wildman–Crippen MR) is 75.7 cm³/mol. The highest BCUT2D eigenvalue weighted by Crippen LogP contribution is 2.13. The third-order valence-electron chi connectivity index (χ3n) is 2.92. The van der Waals surface area contributed by atoms with Crippen LogP contribution in [-0.2, 0) is 11.2 Å². The Balaban J connectivity index is 2.32. The van der Waals surface area contributed by atoms with E-state index in [0.29, 0.717) is 16.3 Å². The van der Waals surface area contributed by atoms with Crippen LogP contribution in [0.3, 0.4) is 0 Å². The van der Waals surface area contributed by atoms with E-state index >= 15 is 0 Å². The number of carbonyl (C=O) groups is 1. The summed E-state index contributed by atoms with van der Waals surface area (Å²) in [6.07, 6.45) is 1.16. The Morgan fingerprint density at radius 2 is 2.26 bits per heavy atom. The molecule has 6 heteroatoms. The lowest BCUT2D eigenvalue weighted by Gasteiger charge is -2.15. The number of aromatic nitrogens is 2. The largest absolute Gasteiger partial charge is 0.345 e. The highest BCUT2D eigenvalue weighted by molar-refractivity contribution is 7.15. The van der Waals surface area contributed by atoms with Gasteiger partial charge in [0, 0.05) is 36.4 Å². The first-order chi connectivity index (χ1) is 9.02. The van der Waals surface area contributed by atoms with Crippen LogP contribution in [-0.4, -0.2) is 33.8 Å². The van der Waals surface area contributed by atoms with Crippen LogP contribution in [0.2, 0.25) is 0 Å². The predicted octanol–water partition coefficient (Wildman–Crippen LogP) is 1.48. The van der Waals surface area contributed by atoms with E-state index in [2.05, 4.69) is 4.98 Å². The van der Waals surface area contributed by atoms with Gasteiger partial charge in [-0.25, -0.2) is 4.98 Å². The Hall–Kier alpha value is -1.69. The van der Waals surface area contributed by atoms with Crippen LogP contribution in [0.25, 0.3) is 4.96 Å². The first-order valence-electron chi connectivity index (χ1n) is 6.23. The second kappa shape index (κ2) is 5.52. The molecule has 2 aromatic heterocycles. The van der Waals surface area contributed by atoms with Gasteiger partial charge in [0.15, 0.2) is 4.96 Å². The van der Waals surface area contributed by atoms with Gasteiger partial charge < -0.3 is 4.90 Å². The molecule has 0 radical (unpaired) electrons. The molecule has 0 aliphatic heterocycles. The van der Waals surface area contributed by atoms with Crippen molar-refractivity contribution in [1.82, 2.24) is 14.3 Å². The van der Waals surface area contributed by atoms with Gasteiger partial charge in [-0.05, 0) is 13.3 Å². The summed E-state index contributed by atoms with van der Waals surface area (Å²) >= 11 is 1.39. The van der Waals surface area contributed by atoms with Crippen LogP contribution in [0.15, 0.2) is 16.2 Å². The van der Waals surface area contributed by atoms with E-state index in [4.69, 9.17) is 0 Å². The molecule has 2 aromatic rings. The average Bonchev–Trinajstić information content (AvgIpc) is 2.72. The molecule has 5 nitrogen and oxygen atoms in total. The fraction of sp³-hybridized carbons (Fsp3) is 0.462. The Morgan fingerprint density at radius 3 is 2.95 bits per heavy atom. The van der Waals surface area contributed by atoms with E-state index in [1.54, 1.807) is 18.9 Å². The van der Waals surface area contributed by atoms with Crippen molar-refractivity contribution in [2.75, 3.05) is 13.6 Å². The first kappa shape index (κ1) is 13.7. The quantitative estimate of drug-likeness (QED) is 0.851. The van der Waals surface area contributed by atoms with E-state index in [-0.39, 0.29) is 17.9 Å². The molecule has 0 unspecified atom stereocenters. The summed E-state index contributed by atoms with van der Waals surface area (Å²) in [6, 6.07) is 1.49. The molecule has 2 rings (SSSR count). The Labute approximate surface area is 115 Å². The Bertz CT molecular complexity index is 659. The number of hydrogen-bond acceptors (Lipinski definition) is 4. The molecule has 0 spiro atoms. The third-order valence-corrected chi connectivity index (χ3v) is 3.80. The normalized spacial score (nSPS) is 10.9. The van der Waals surface area contributed by atoms with Gasteiger partial charge in [-0.15, -0.1) is 11.3 Å². The SMILES string of the molecule is CCCN(C)C(=O)Cc1csc2nc(C)cc(=O)n12. The number of amides is 1. The summed E-state index contributed by atoms with van der Waals surface area (Å²) in [4.78, 5) is 30.6. The van der Waals surface area contributed by atoms with Crippen molar-refractivity contribution in [1.29, 1.82) is 0 Å². The lowest BCUT2D eigenvalue weighted by molar-refractivity contribution is -0.129. The molecule has 0 aromatic carbocycles. The molecule has 0 aliphatic rings. The van der Waals surface area contributed by atoms with E-state index in [1.807, 2.05) is 12.3 Å². The maximum atomic E-state index is 12.0. The number of thiazole rings is 1. The van der Waals surface area contributed by atoms with Gasteiger partial charge in [0.05, 0.1) is 6.42 Å². The third kappa shape index (κ3) is 2.84. The van der Waals surface area contributed by atoms with E-state index in [0.717, 1.165) is 13.0 Å². The molecule has 1 amide bonds. The van der Waals surface area contributed by atoms with Gasteiger partial charge in [-0.1, -0.05) is 6.92 Å². The van der Waals surface area contributed by atoms with Gasteiger partial charge in [0.25, 0.3) is 5.56 Å². The minimum absolute atomic E-state index is 0.0222. The van der Waals surface area contributed by atoms with Crippen molar-refractivity contribution in [2.45, 2.75) is 26.7 Å². The lowest BCUT2D eigenvalue weighted by Crippen LogP contribution is -2.30. The van der Waals surface area contributed by atoms with E-state index < -0.39 is 0 Å². The molecule has 0 fully saturated rings. The lowest BCUT2D eigenvalue weighted by atomic mass is 10.3. The second-order valence-electron chi connectivity index (χ2n) is 4.57. The van der Waals surface area contributed by atoms with Crippen LogP contribution in [0.5, 0.6) is 0 Å². The highest BCUT2D eigenvalue weighted by Gasteiger charge is 2.14. The second-order valence-corrected chi connectivity index (χ2v) is 5.41. The summed E-state index contributed by atoms with van der Waals surface area (Å²) in [6.45, 7) is 4.55. The molecule has 102 valence electrons. The molecule has 0 atom stereocenters. The number of aryl methyl sites for hydroxylation is 1. The summed E-state index contributed by atoms with van der Waals surface area (Å²) in [5.74, 6) is 0.0222. The van der Waals surface area contributed by atoms with Crippen LogP contribution >= 0.6 is 11.3 Å². The van der Waals surface area contributed by atoms with E-state index in [1.165, 1.54) is 21.8 Å². The Kier molecular flexibility index (Phi) is 3.99. The smallest absolute Gasteiger partial charge is 0.258 e. The van der Waals surface area contributed by atoms with Crippen LogP contribution in [0.1, 0.15) is 24.7 Å². The highest BCUT2D eigenvalue weighted by atomic mass is 32.1. The number of hydrogen-bond donors (Lipinski definition) is 0. The summed E-state index contributed by atoms with van der Waals surface area (Å²) in [5.41, 5.74) is 1.29. The van der Waals surface area contributed by atoms with Crippen molar-refractivity contribution < 1.29 is 4.79 Å². The molecule has 19 heavy (non-hydrogen) atoms. The van der Waals surface area contributed by atoms with Gasteiger partial charge in [0.2, 0.25) is 5.91 Å². The zero-order valence-electron chi connectivity index (χ0n) is 11.3. The van der Waals surface area contributed by atoms with Gasteiger partial charge in [-0.2, -0.15) is 0 Å². The van der Waals surface area contributed by atoms with Gasteiger partial charge >= 0.3 is 0 Å². The summed E-state index contributed by atoms with van der Waals surface area (Å²) in [5, 5.41) is 1.83. The molecule has 0 aliphatic carbocycles. The molecule has 2 heterocycles. The zero-order valence-corrected chi connectivity index (χ0v) is 12.2. The molecule has 0 N–H and O–H groups in total. The maximum Gasteiger partial charge on any atom is 0.258 e. The monoisotopic (exact) mass is 279 g/mol. The number of carbonyl (C=O) groups excluding carboxylic acids is 1. The van der Waals surface area contributed by atoms with Crippen molar-refractivity contribution in [3.8, 4) is 0 Å². The average molecular weight is 279 g/mol. The first-order valence-corrected chi connectivity index (χ1v) is 7.11. The van der Waals surface area contributed by atoms with Crippen molar-refractivity contribution in [2.24, 2.45) is 0 Å².